The van der Waals surface area contributed by atoms with Gasteiger partial charge in [0.15, 0.2) is 0 Å². The van der Waals surface area contributed by atoms with Gasteiger partial charge in [-0.1, -0.05) is 44.2 Å². The Morgan fingerprint density at radius 1 is 0.842 bits per heavy atom. The number of carbonyl (C=O) groups excluding carboxylic acids is 1. The monoisotopic (exact) mass is 518 g/mol. The SMILES string of the molecule is COC(=O)CN1CCC[C@H]1c1nc2ccccc2n1C1C[C@H]2CCC[C@@H](C1)N2C1C[C@H]2CCCC[C@@H](C1)C2. The molecule has 38 heavy (non-hydrogen) atoms. The largest absolute Gasteiger partial charge is 0.468 e. The van der Waals surface area contributed by atoms with Crippen molar-refractivity contribution < 1.29 is 9.53 Å². The van der Waals surface area contributed by atoms with Crippen molar-refractivity contribution in [3.8, 4) is 0 Å². The van der Waals surface area contributed by atoms with E-state index in [1.54, 1.807) is 0 Å². The molecule has 2 aromatic rings. The van der Waals surface area contributed by atoms with Crippen molar-refractivity contribution in [3.63, 3.8) is 0 Å². The normalized spacial score (nSPS) is 36.3. The van der Waals surface area contributed by atoms with Crippen LogP contribution in [0.1, 0.15) is 108 Å². The zero-order chi connectivity index (χ0) is 25.6. The van der Waals surface area contributed by atoms with Crippen molar-refractivity contribution in [3.05, 3.63) is 30.1 Å². The van der Waals surface area contributed by atoms with Crippen LogP contribution in [0.3, 0.4) is 0 Å². The highest BCUT2D eigenvalue weighted by molar-refractivity contribution is 5.76. The number of aromatic nitrogens is 2. The fourth-order valence-corrected chi connectivity index (χ4v) is 9.53. The van der Waals surface area contributed by atoms with Crippen LogP contribution in [0.4, 0.5) is 0 Å². The van der Waals surface area contributed by atoms with E-state index in [-0.39, 0.29) is 12.0 Å². The van der Waals surface area contributed by atoms with E-state index in [1.165, 1.54) is 95.5 Å². The van der Waals surface area contributed by atoms with Crippen LogP contribution >= 0.6 is 0 Å². The molecule has 0 N–H and O–H groups in total. The van der Waals surface area contributed by atoms with Gasteiger partial charge in [0, 0.05) is 24.2 Å². The number of piperidine rings is 2. The molecule has 0 radical (unpaired) electrons. The predicted molar refractivity (Wildman–Crippen MR) is 150 cm³/mol. The van der Waals surface area contributed by atoms with Crippen molar-refractivity contribution in [1.82, 2.24) is 19.4 Å². The highest BCUT2D eigenvalue weighted by Gasteiger charge is 2.46. The number of imidazole rings is 1. The molecule has 2 saturated carbocycles. The number of esters is 1. The van der Waals surface area contributed by atoms with Crippen LogP contribution in [0.5, 0.6) is 0 Å². The van der Waals surface area contributed by atoms with Crippen molar-refractivity contribution in [1.29, 1.82) is 0 Å². The van der Waals surface area contributed by atoms with Gasteiger partial charge in [0.2, 0.25) is 0 Å². The highest BCUT2D eigenvalue weighted by Crippen LogP contribution is 2.48. The molecule has 2 unspecified atom stereocenters. The number of likely N-dealkylation sites (tertiary alicyclic amines) is 1. The summed E-state index contributed by atoms with van der Waals surface area (Å²) in [6, 6.07) is 11.7. The number of benzene rings is 1. The molecule has 0 spiro atoms. The minimum Gasteiger partial charge on any atom is -0.468 e. The lowest BCUT2D eigenvalue weighted by Gasteiger charge is -2.55. The number of fused-ring (bicyclic) bond motifs is 5. The van der Waals surface area contributed by atoms with E-state index < -0.39 is 0 Å². The van der Waals surface area contributed by atoms with E-state index >= 15 is 0 Å². The molecule has 0 amide bonds. The summed E-state index contributed by atoms with van der Waals surface area (Å²) in [4.78, 5) is 22.9. The van der Waals surface area contributed by atoms with Crippen LogP contribution in [-0.4, -0.2) is 63.6 Å². The molecule has 2 aliphatic carbocycles. The summed E-state index contributed by atoms with van der Waals surface area (Å²) in [6.07, 6.45) is 19.1. The molecule has 5 fully saturated rings. The van der Waals surface area contributed by atoms with Crippen LogP contribution in [0.15, 0.2) is 24.3 Å². The first-order chi connectivity index (χ1) is 18.7. The van der Waals surface area contributed by atoms with Gasteiger partial charge >= 0.3 is 5.97 Å². The van der Waals surface area contributed by atoms with Gasteiger partial charge in [0.1, 0.15) is 5.82 Å². The zero-order valence-corrected chi connectivity index (χ0v) is 23.3. The third-order valence-corrected chi connectivity index (χ3v) is 11.0. The maximum Gasteiger partial charge on any atom is 0.319 e. The third kappa shape index (κ3) is 4.60. The maximum atomic E-state index is 12.2. The summed E-state index contributed by atoms with van der Waals surface area (Å²) < 4.78 is 7.68. The van der Waals surface area contributed by atoms with Crippen LogP contribution in [0.2, 0.25) is 0 Å². The predicted octanol–water partition coefficient (Wildman–Crippen LogP) is 6.26. The molecule has 1 aromatic heterocycles. The lowest BCUT2D eigenvalue weighted by atomic mass is 9.73. The summed E-state index contributed by atoms with van der Waals surface area (Å²) in [5.74, 6) is 3.00. The van der Waals surface area contributed by atoms with Crippen LogP contribution in [0.25, 0.3) is 11.0 Å². The van der Waals surface area contributed by atoms with Gasteiger partial charge in [-0.05, 0) is 88.3 Å². The Morgan fingerprint density at radius 3 is 2.32 bits per heavy atom. The van der Waals surface area contributed by atoms with E-state index in [0.717, 1.165) is 42.8 Å². The number of ether oxygens (including phenoxy) is 1. The minimum absolute atomic E-state index is 0.143. The van der Waals surface area contributed by atoms with Gasteiger partial charge in [0.05, 0.1) is 30.7 Å². The molecule has 3 aliphatic heterocycles. The molecule has 3 saturated heterocycles. The topological polar surface area (TPSA) is 50.6 Å². The molecule has 6 heteroatoms. The second-order valence-electron chi connectivity index (χ2n) is 13.2. The second kappa shape index (κ2) is 10.6. The number of hydrogen-bond donors (Lipinski definition) is 0. The van der Waals surface area contributed by atoms with Crippen molar-refractivity contribution in [2.45, 2.75) is 120 Å². The maximum absolute atomic E-state index is 12.2. The first-order valence-electron chi connectivity index (χ1n) is 15.7. The lowest BCUT2D eigenvalue weighted by Crippen LogP contribution is -2.58. The number of carbonyl (C=O) groups is 1. The van der Waals surface area contributed by atoms with Crippen molar-refractivity contribution >= 4 is 17.0 Å². The standard InChI is InChI=1S/C32H46N4O2/c1-38-31(37)21-34-15-7-14-30(34)32-33-28-12-4-5-13-29(28)36(32)27-19-24-10-6-11-25(20-27)35(24)26-17-22-8-2-3-9-23(16-22)18-26/h4-5,12-13,22-27,30H,2-3,6-11,14-21H2,1H3/t22-,23+,24-,25+,26?,27?,30-/m0/s1. The molecule has 4 heterocycles. The summed E-state index contributed by atoms with van der Waals surface area (Å²) in [7, 11) is 1.50. The molecule has 206 valence electrons. The Labute approximate surface area is 228 Å². The molecule has 4 bridgehead atoms. The fourth-order valence-electron chi connectivity index (χ4n) is 9.53. The van der Waals surface area contributed by atoms with Gasteiger partial charge < -0.3 is 9.30 Å². The Bertz CT molecular complexity index is 1120. The van der Waals surface area contributed by atoms with Crippen molar-refractivity contribution in [2.75, 3.05) is 20.2 Å². The number of hydrogen-bond acceptors (Lipinski definition) is 5. The Hall–Kier alpha value is -1.92. The lowest BCUT2D eigenvalue weighted by molar-refractivity contribution is -0.142. The molecule has 1 aromatic carbocycles. The average Bonchev–Trinajstić information content (AvgIpc) is 3.49. The molecule has 7 atom stereocenters. The van der Waals surface area contributed by atoms with Gasteiger partial charge in [-0.3, -0.25) is 14.6 Å². The summed E-state index contributed by atoms with van der Waals surface area (Å²) in [5, 5.41) is 0. The van der Waals surface area contributed by atoms with E-state index in [1.807, 2.05) is 0 Å². The quantitative estimate of drug-likeness (QED) is 0.437. The van der Waals surface area contributed by atoms with E-state index in [0.29, 0.717) is 24.7 Å². The van der Waals surface area contributed by atoms with Gasteiger partial charge in [-0.2, -0.15) is 0 Å². The number of rotatable bonds is 5. The summed E-state index contributed by atoms with van der Waals surface area (Å²) >= 11 is 0. The Morgan fingerprint density at radius 2 is 1.58 bits per heavy atom. The van der Waals surface area contributed by atoms with Crippen molar-refractivity contribution in [2.24, 2.45) is 11.8 Å². The fraction of sp³-hybridized carbons (Fsp3) is 0.750. The molecular formula is C32H46N4O2. The minimum atomic E-state index is -0.143. The molecular weight excluding hydrogens is 472 g/mol. The second-order valence-corrected chi connectivity index (χ2v) is 13.2. The van der Waals surface area contributed by atoms with E-state index in [4.69, 9.17) is 9.72 Å². The Balaban J connectivity index is 1.19. The van der Waals surface area contributed by atoms with Gasteiger partial charge in [0.25, 0.3) is 0 Å². The molecule has 5 aliphatic rings. The number of methoxy groups -OCH3 is 1. The summed E-state index contributed by atoms with van der Waals surface area (Å²) in [5.41, 5.74) is 2.39. The molecule has 7 rings (SSSR count). The zero-order valence-electron chi connectivity index (χ0n) is 23.3. The van der Waals surface area contributed by atoms with E-state index in [2.05, 4.69) is 38.6 Å². The first-order valence-corrected chi connectivity index (χ1v) is 15.7. The number of nitrogens with zero attached hydrogens (tertiary/aromatic N) is 4. The van der Waals surface area contributed by atoms with Crippen LogP contribution < -0.4 is 0 Å². The highest BCUT2D eigenvalue weighted by atomic mass is 16.5. The van der Waals surface area contributed by atoms with Crippen LogP contribution in [0, 0.1) is 11.8 Å². The smallest absolute Gasteiger partial charge is 0.319 e. The third-order valence-electron chi connectivity index (χ3n) is 11.0. The first kappa shape index (κ1) is 25.1. The molecule has 6 nitrogen and oxygen atoms in total. The van der Waals surface area contributed by atoms with Gasteiger partial charge in [-0.25, -0.2) is 4.98 Å². The van der Waals surface area contributed by atoms with Gasteiger partial charge in [-0.15, -0.1) is 0 Å². The average molecular weight is 519 g/mol. The Kier molecular flexibility index (Phi) is 6.98. The van der Waals surface area contributed by atoms with Crippen LogP contribution in [-0.2, 0) is 9.53 Å². The number of para-hydroxylation sites is 2. The van der Waals surface area contributed by atoms with E-state index in [9.17, 15) is 4.79 Å². The summed E-state index contributed by atoms with van der Waals surface area (Å²) in [6.45, 7) is 1.30.